The highest BCUT2D eigenvalue weighted by Gasteiger charge is 2.28. The summed E-state index contributed by atoms with van der Waals surface area (Å²) in [5.74, 6) is 1.44. The first kappa shape index (κ1) is 15.4. The van der Waals surface area contributed by atoms with Gasteiger partial charge >= 0.3 is 0 Å². The largest absolute Gasteiger partial charge is 0.292 e. The highest BCUT2D eigenvalue weighted by molar-refractivity contribution is 5.95. The van der Waals surface area contributed by atoms with Crippen LogP contribution in [0.3, 0.4) is 0 Å². The van der Waals surface area contributed by atoms with Crippen molar-refractivity contribution in [2.45, 2.75) is 26.3 Å². The molecule has 0 atom stereocenters. The zero-order valence-corrected chi connectivity index (χ0v) is 14.0. The van der Waals surface area contributed by atoms with Gasteiger partial charge in [-0.2, -0.15) is 0 Å². The number of pyridine rings is 1. The monoisotopic (exact) mass is 330 g/mol. The molecule has 4 rings (SSSR count). The lowest BCUT2D eigenvalue weighted by molar-refractivity contribution is -0.119. The van der Waals surface area contributed by atoms with Crippen LogP contribution in [0.15, 0.2) is 54.9 Å². The van der Waals surface area contributed by atoms with Gasteiger partial charge in [-0.25, -0.2) is 9.97 Å². The molecule has 124 valence electrons. The van der Waals surface area contributed by atoms with Crippen LogP contribution in [0, 0.1) is 6.92 Å². The van der Waals surface area contributed by atoms with E-state index in [1.165, 1.54) is 0 Å². The number of aryl methyl sites for hydroxylation is 1. The Labute approximate surface area is 146 Å². The Bertz CT molecular complexity index is 910. The highest BCUT2D eigenvalue weighted by atomic mass is 16.2. The number of nitrogens with zero attached hydrogens (tertiary/aromatic N) is 4. The summed E-state index contributed by atoms with van der Waals surface area (Å²) < 4.78 is 0. The third-order valence-corrected chi connectivity index (χ3v) is 4.44. The zero-order valence-electron chi connectivity index (χ0n) is 14.0. The van der Waals surface area contributed by atoms with Crippen LogP contribution in [0.4, 0.5) is 5.82 Å². The van der Waals surface area contributed by atoms with Crippen LogP contribution in [0.5, 0.6) is 0 Å². The SMILES string of the molecule is Cc1nc(-c2cccnc2)nc2c1CCC(=O)N2Cc1ccccc1. The van der Waals surface area contributed by atoms with Gasteiger partial charge in [0, 0.05) is 35.6 Å². The summed E-state index contributed by atoms with van der Waals surface area (Å²) in [6.07, 6.45) is 4.65. The van der Waals surface area contributed by atoms with E-state index >= 15 is 0 Å². The maximum atomic E-state index is 12.6. The summed E-state index contributed by atoms with van der Waals surface area (Å²) in [5.41, 5.74) is 3.92. The van der Waals surface area contributed by atoms with Gasteiger partial charge in [0.25, 0.3) is 0 Å². The van der Waals surface area contributed by atoms with Crippen molar-refractivity contribution in [1.29, 1.82) is 0 Å². The van der Waals surface area contributed by atoms with E-state index in [0.29, 0.717) is 25.2 Å². The first-order valence-corrected chi connectivity index (χ1v) is 8.34. The number of benzene rings is 1. The normalized spacial score (nSPS) is 13.6. The van der Waals surface area contributed by atoms with E-state index < -0.39 is 0 Å². The molecular formula is C20H18N4O. The van der Waals surface area contributed by atoms with Crippen molar-refractivity contribution in [3.8, 4) is 11.4 Å². The Morgan fingerprint density at radius 3 is 2.64 bits per heavy atom. The van der Waals surface area contributed by atoms with E-state index in [1.807, 2.05) is 49.4 Å². The quantitative estimate of drug-likeness (QED) is 0.739. The summed E-state index contributed by atoms with van der Waals surface area (Å²) >= 11 is 0. The van der Waals surface area contributed by atoms with Crippen LogP contribution >= 0.6 is 0 Å². The second-order valence-electron chi connectivity index (χ2n) is 6.14. The average molecular weight is 330 g/mol. The molecule has 0 saturated carbocycles. The first-order chi connectivity index (χ1) is 12.2. The number of hydrogen-bond acceptors (Lipinski definition) is 4. The lowest BCUT2D eigenvalue weighted by Crippen LogP contribution is -2.36. The molecule has 3 heterocycles. The van der Waals surface area contributed by atoms with Gasteiger partial charge in [0.05, 0.1) is 6.54 Å². The molecule has 0 fully saturated rings. The van der Waals surface area contributed by atoms with Gasteiger partial charge in [-0.15, -0.1) is 0 Å². The van der Waals surface area contributed by atoms with Crippen molar-refractivity contribution in [3.05, 3.63) is 71.7 Å². The molecule has 1 amide bonds. The van der Waals surface area contributed by atoms with E-state index in [-0.39, 0.29) is 5.91 Å². The van der Waals surface area contributed by atoms with Gasteiger partial charge < -0.3 is 0 Å². The maximum Gasteiger partial charge on any atom is 0.228 e. The van der Waals surface area contributed by atoms with E-state index in [4.69, 9.17) is 4.98 Å². The Morgan fingerprint density at radius 1 is 1.04 bits per heavy atom. The molecule has 0 N–H and O–H groups in total. The van der Waals surface area contributed by atoms with Crippen LogP contribution in [0.25, 0.3) is 11.4 Å². The molecule has 2 aromatic heterocycles. The number of aromatic nitrogens is 3. The summed E-state index contributed by atoms with van der Waals surface area (Å²) in [4.78, 5) is 27.9. The molecule has 3 aromatic rings. The van der Waals surface area contributed by atoms with Crippen molar-refractivity contribution in [1.82, 2.24) is 15.0 Å². The molecular weight excluding hydrogens is 312 g/mol. The molecule has 0 saturated heterocycles. The zero-order chi connectivity index (χ0) is 17.2. The fourth-order valence-corrected chi connectivity index (χ4v) is 3.14. The molecule has 1 aromatic carbocycles. The number of hydrogen-bond donors (Lipinski definition) is 0. The maximum absolute atomic E-state index is 12.6. The van der Waals surface area contributed by atoms with Crippen molar-refractivity contribution in [2.24, 2.45) is 0 Å². The van der Waals surface area contributed by atoms with Gasteiger partial charge in [-0.05, 0) is 31.0 Å². The fraction of sp³-hybridized carbons (Fsp3) is 0.200. The molecule has 1 aliphatic rings. The second-order valence-corrected chi connectivity index (χ2v) is 6.14. The molecule has 0 spiro atoms. The third-order valence-electron chi connectivity index (χ3n) is 4.44. The summed E-state index contributed by atoms with van der Waals surface area (Å²) in [5, 5.41) is 0. The number of fused-ring (bicyclic) bond motifs is 1. The van der Waals surface area contributed by atoms with Crippen LogP contribution < -0.4 is 4.90 Å². The topological polar surface area (TPSA) is 59.0 Å². The lowest BCUT2D eigenvalue weighted by Gasteiger charge is -2.29. The lowest BCUT2D eigenvalue weighted by atomic mass is 10.0. The number of carbonyl (C=O) groups is 1. The molecule has 0 unspecified atom stereocenters. The molecule has 5 nitrogen and oxygen atoms in total. The van der Waals surface area contributed by atoms with Gasteiger partial charge in [0.2, 0.25) is 5.91 Å². The molecule has 0 radical (unpaired) electrons. The standard InChI is InChI=1S/C20H18N4O/c1-14-17-9-10-18(25)24(13-15-6-3-2-4-7-15)20(17)23-19(22-14)16-8-5-11-21-12-16/h2-8,11-12H,9-10,13H2,1H3. The summed E-state index contributed by atoms with van der Waals surface area (Å²) in [7, 11) is 0. The average Bonchev–Trinajstić information content (AvgIpc) is 2.65. The second kappa shape index (κ2) is 6.43. The Hall–Kier alpha value is -3.08. The van der Waals surface area contributed by atoms with E-state index in [1.54, 1.807) is 17.3 Å². The minimum atomic E-state index is 0.103. The predicted octanol–water partition coefficient (Wildman–Crippen LogP) is 3.33. The van der Waals surface area contributed by atoms with Crippen LogP contribution in [-0.4, -0.2) is 20.9 Å². The summed E-state index contributed by atoms with van der Waals surface area (Å²) in [6, 6.07) is 13.8. The molecule has 0 bridgehead atoms. The Balaban J connectivity index is 1.79. The van der Waals surface area contributed by atoms with Crippen molar-refractivity contribution >= 4 is 11.7 Å². The predicted molar refractivity (Wildman–Crippen MR) is 96.0 cm³/mol. The van der Waals surface area contributed by atoms with Gasteiger partial charge in [-0.1, -0.05) is 30.3 Å². The van der Waals surface area contributed by atoms with Crippen molar-refractivity contribution in [3.63, 3.8) is 0 Å². The smallest absolute Gasteiger partial charge is 0.228 e. The number of anilines is 1. The van der Waals surface area contributed by atoms with E-state index in [2.05, 4.69) is 9.97 Å². The molecule has 5 heteroatoms. The van der Waals surface area contributed by atoms with Crippen LogP contribution in [-0.2, 0) is 17.8 Å². The minimum Gasteiger partial charge on any atom is -0.292 e. The number of carbonyl (C=O) groups excluding carboxylic acids is 1. The van der Waals surface area contributed by atoms with E-state index in [0.717, 1.165) is 28.2 Å². The van der Waals surface area contributed by atoms with Crippen molar-refractivity contribution in [2.75, 3.05) is 4.90 Å². The van der Waals surface area contributed by atoms with Crippen LogP contribution in [0.2, 0.25) is 0 Å². The first-order valence-electron chi connectivity index (χ1n) is 8.34. The molecule has 0 aliphatic carbocycles. The van der Waals surface area contributed by atoms with E-state index in [9.17, 15) is 4.79 Å². The Morgan fingerprint density at radius 2 is 1.88 bits per heavy atom. The molecule has 25 heavy (non-hydrogen) atoms. The number of amides is 1. The fourth-order valence-electron chi connectivity index (χ4n) is 3.14. The van der Waals surface area contributed by atoms with Gasteiger partial charge in [0.1, 0.15) is 5.82 Å². The number of rotatable bonds is 3. The minimum absolute atomic E-state index is 0.103. The summed E-state index contributed by atoms with van der Waals surface area (Å²) in [6.45, 7) is 2.51. The van der Waals surface area contributed by atoms with Gasteiger partial charge in [0.15, 0.2) is 5.82 Å². The van der Waals surface area contributed by atoms with Gasteiger partial charge in [-0.3, -0.25) is 14.7 Å². The van der Waals surface area contributed by atoms with Crippen LogP contribution in [0.1, 0.15) is 23.2 Å². The third kappa shape index (κ3) is 3.01. The molecule has 1 aliphatic heterocycles. The highest BCUT2D eigenvalue weighted by Crippen LogP contribution is 2.31. The van der Waals surface area contributed by atoms with Crippen molar-refractivity contribution < 1.29 is 4.79 Å². The Kier molecular flexibility index (Phi) is 3.98.